The molecule has 0 aliphatic carbocycles. The van der Waals surface area contributed by atoms with Crippen LogP contribution in [0.5, 0.6) is 0 Å². The van der Waals surface area contributed by atoms with Crippen LogP contribution in [0, 0.1) is 6.92 Å². The SMILES string of the molecule is Cc1cccc(C(CN)N2CCN(C)c3ccccc32)c1. The molecule has 0 aromatic heterocycles. The van der Waals surface area contributed by atoms with Crippen LogP contribution in [-0.4, -0.2) is 26.7 Å². The van der Waals surface area contributed by atoms with Crippen molar-refractivity contribution in [3.8, 4) is 0 Å². The molecule has 0 saturated heterocycles. The number of fused-ring (bicyclic) bond motifs is 1. The second kappa shape index (κ2) is 5.78. The Balaban J connectivity index is 2.01. The normalized spacial score (nSPS) is 15.8. The largest absolute Gasteiger partial charge is 0.371 e. The van der Waals surface area contributed by atoms with Gasteiger partial charge in [0.05, 0.1) is 17.4 Å². The van der Waals surface area contributed by atoms with E-state index in [1.807, 2.05) is 0 Å². The number of hydrogen-bond acceptors (Lipinski definition) is 3. The monoisotopic (exact) mass is 281 g/mol. The molecule has 21 heavy (non-hydrogen) atoms. The van der Waals surface area contributed by atoms with E-state index in [2.05, 4.69) is 72.3 Å². The zero-order chi connectivity index (χ0) is 14.8. The van der Waals surface area contributed by atoms with Crippen LogP contribution in [0.15, 0.2) is 48.5 Å². The van der Waals surface area contributed by atoms with E-state index in [0.717, 1.165) is 13.1 Å². The van der Waals surface area contributed by atoms with E-state index in [0.29, 0.717) is 6.54 Å². The molecule has 0 amide bonds. The van der Waals surface area contributed by atoms with Crippen LogP contribution in [-0.2, 0) is 0 Å². The van der Waals surface area contributed by atoms with Crippen molar-refractivity contribution in [2.75, 3.05) is 36.5 Å². The van der Waals surface area contributed by atoms with Gasteiger partial charge in [-0.2, -0.15) is 0 Å². The molecule has 0 saturated carbocycles. The van der Waals surface area contributed by atoms with E-state index in [4.69, 9.17) is 5.73 Å². The summed E-state index contributed by atoms with van der Waals surface area (Å²) >= 11 is 0. The molecule has 0 fully saturated rings. The number of rotatable bonds is 3. The number of benzene rings is 2. The van der Waals surface area contributed by atoms with Gasteiger partial charge in [-0.05, 0) is 24.6 Å². The van der Waals surface area contributed by atoms with Crippen molar-refractivity contribution in [3.05, 3.63) is 59.7 Å². The number of anilines is 2. The van der Waals surface area contributed by atoms with Crippen LogP contribution in [0.2, 0.25) is 0 Å². The lowest BCUT2D eigenvalue weighted by atomic mass is 10.0. The van der Waals surface area contributed by atoms with Gasteiger partial charge in [0.1, 0.15) is 0 Å². The fourth-order valence-corrected chi connectivity index (χ4v) is 3.17. The summed E-state index contributed by atoms with van der Waals surface area (Å²) in [4.78, 5) is 4.76. The van der Waals surface area contributed by atoms with Crippen LogP contribution in [0.4, 0.5) is 11.4 Å². The molecular formula is C18H23N3. The first-order chi connectivity index (χ1) is 10.2. The summed E-state index contributed by atoms with van der Waals surface area (Å²) in [6.07, 6.45) is 0. The van der Waals surface area contributed by atoms with Gasteiger partial charge in [-0.25, -0.2) is 0 Å². The van der Waals surface area contributed by atoms with Gasteiger partial charge in [0.15, 0.2) is 0 Å². The van der Waals surface area contributed by atoms with E-state index in [1.165, 1.54) is 22.5 Å². The molecule has 0 radical (unpaired) electrons. The van der Waals surface area contributed by atoms with Crippen LogP contribution >= 0.6 is 0 Å². The zero-order valence-corrected chi connectivity index (χ0v) is 12.8. The average molecular weight is 281 g/mol. The first kappa shape index (κ1) is 14.0. The number of para-hydroxylation sites is 2. The number of hydrogen-bond donors (Lipinski definition) is 1. The van der Waals surface area contributed by atoms with Crippen molar-refractivity contribution >= 4 is 11.4 Å². The Kier molecular flexibility index (Phi) is 3.84. The third kappa shape index (κ3) is 2.61. The fourth-order valence-electron chi connectivity index (χ4n) is 3.17. The van der Waals surface area contributed by atoms with Crippen molar-refractivity contribution in [2.45, 2.75) is 13.0 Å². The summed E-state index contributed by atoms with van der Waals surface area (Å²) in [7, 11) is 2.15. The lowest BCUT2D eigenvalue weighted by molar-refractivity contribution is 0.610. The van der Waals surface area contributed by atoms with Crippen LogP contribution in [0.25, 0.3) is 0 Å². The molecule has 0 bridgehead atoms. The predicted octanol–water partition coefficient (Wildman–Crippen LogP) is 2.95. The molecule has 3 rings (SSSR count). The second-order valence-corrected chi connectivity index (χ2v) is 5.77. The first-order valence-corrected chi connectivity index (χ1v) is 7.54. The molecule has 3 nitrogen and oxygen atoms in total. The fraction of sp³-hybridized carbons (Fsp3) is 0.333. The van der Waals surface area contributed by atoms with Gasteiger partial charge in [-0.3, -0.25) is 0 Å². The number of likely N-dealkylation sites (N-methyl/N-ethyl adjacent to an activating group) is 1. The third-order valence-corrected chi connectivity index (χ3v) is 4.31. The summed E-state index contributed by atoms with van der Waals surface area (Å²) in [5, 5.41) is 0. The molecule has 2 aromatic carbocycles. The minimum absolute atomic E-state index is 0.236. The Morgan fingerprint density at radius 2 is 1.81 bits per heavy atom. The predicted molar refractivity (Wildman–Crippen MR) is 90.0 cm³/mol. The topological polar surface area (TPSA) is 32.5 Å². The summed E-state index contributed by atoms with van der Waals surface area (Å²) in [6, 6.07) is 17.5. The van der Waals surface area contributed by atoms with Crippen LogP contribution in [0.1, 0.15) is 17.2 Å². The summed E-state index contributed by atoms with van der Waals surface area (Å²) in [5.41, 5.74) is 11.3. The highest BCUT2D eigenvalue weighted by Crippen LogP contribution is 2.36. The Bertz CT molecular complexity index is 623. The minimum atomic E-state index is 0.236. The molecule has 1 aliphatic heterocycles. The highest BCUT2D eigenvalue weighted by molar-refractivity contribution is 5.73. The molecule has 1 unspecified atom stereocenters. The standard InChI is InChI=1S/C18H23N3/c1-14-6-5-7-15(12-14)18(13-19)21-11-10-20(2)16-8-3-4-9-17(16)21/h3-9,12,18H,10-11,13,19H2,1-2H3. The van der Waals surface area contributed by atoms with Crippen molar-refractivity contribution < 1.29 is 0 Å². The van der Waals surface area contributed by atoms with E-state index in [-0.39, 0.29) is 6.04 Å². The molecule has 1 heterocycles. The average Bonchev–Trinajstić information content (AvgIpc) is 2.51. The molecule has 3 heteroatoms. The molecule has 1 atom stereocenters. The van der Waals surface area contributed by atoms with Gasteiger partial charge in [0, 0.05) is 26.7 Å². The second-order valence-electron chi connectivity index (χ2n) is 5.77. The maximum absolute atomic E-state index is 6.12. The van der Waals surface area contributed by atoms with Gasteiger partial charge in [0.2, 0.25) is 0 Å². The summed E-state index contributed by atoms with van der Waals surface area (Å²) in [5.74, 6) is 0. The quantitative estimate of drug-likeness (QED) is 0.939. The first-order valence-electron chi connectivity index (χ1n) is 7.54. The van der Waals surface area contributed by atoms with Gasteiger partial charge >= 0.3 is 0 Å². The lowest BCUT2D eigenvalue weighted by Gasteiger charge is -2.41. The Morgan fingerprint density at radius 1 is 1.05 bits per heavy atom. The highest BCUT2D eigenvalue weighted by Gasteiger charge is 2.26. The van der Waals surface area contributed by atoms with Crippen molar-refractivity contribution in [3.63, 3.8) is 0 Å². The van der Waals surface area contributed by atoms with E-state index in [9.17, 15) is 0 Å². The number of nitrogens with zero attached hydrogens (tertiary/aromatic N) is 2. The number of aryl methyl sites for hydroxylation is 1. The highest BCUT2D eigenvalue weighted by atomic mass is 15.3. The summed E-state index contributed by atoms with van der Waals surface area (Å²) < 4.78 is 0. The molecule has 1 aliphatic rings. The van der Waals surface area contributed by atoms with Gasteiger partial charge in [-0.15, -0.1) is 0 Å². The summed E-state index contributed by atoms with van der Waals surface area (Å²) in [6.45, 7) is 4.79. The molecule has 2 aromatic rings. The van der Waals surface area contributed by atoms with Gasteiger partial charge in [0.25, 0.3) is 0 Å². The Labute approximate surface area is 127 Å². The zero-order valence-electron chi connectivity index (χ0n) is 12.8. The Hall–Kier alpha value is -2.00. The maximum atomic E-state index is 6.12. The van der Waals surface area contributed by atoms with Gasteiger partial charge < -0.3 is 15.5 Å². The van der Waals surface area contributed by atoms with E-state index in [1.54, 1.807) is 0 Å². The number of nitrogens with two attached hydrogens (primary N) is 1. The molecule has 110 valence electrons. The smallest absolute Gasteiger partial charge is 0.0666 e. The third-order valence-electron chi connectivity index (χ3n) is 4.31. The van der Waals surface area contributed by atoms with Crippen molar-refractivity contribution in [1.29, 1.82) is 0 Å². The molecular weight excluding hydrogens is 258 g/mol. The molecule has 2 N–H and O–H groups in total. The minimum Gasteiger partial charge on any atom is -0.371 e. The van der Waals surface area contributed by atoms with E-state index >= 15 is 0 Å². The van der Waals surface area contributed by atoms with Gasteiger partial charge in [-0.1, -0.05) is 42.0 Å². The Morgan fingerprint density at radius 3 is 2.52 bits per heavy atom. The van der Waals surface area contributed by atoms with Crippen LogP contribution in [0.3, 0.4) is 0 Å². The maximum Gasteiger partial charge on any atom is 0.0666 e. The molecule has 0 spiro atoms. The van der Waals surface area contributed by atoms with E-state index < -0.39 is 0 Å². The van der Waals surface area contributed by atoms with Crippen molar-refractivity contribution in [2.24, 2.45) is 5.73 Å². The van der Waals surface area contributed by atoms with Crippen molar-refractivity contribution in [1.82, 2.24) is 0 Å². The lowest BCUT2D eigenvalue weighted by Crippen LogP contribution is -2.43. The van der Waals surface area contributed by atoms with Crippen LogP contribution < -0.4 is 15.5 Å².